The summed E-state index contributed by atoms with van der Waals surface area (Å²) in [5.41, 5.74) is 1.60. The number of nitrogens with zero attached hydrogens (tertiary/aromatic N) is 3. The quantitative estimate of drug-likeness (QED) is 0.297. The first-order chi connectivity index (χ1) is 15.5. The number of methoxy groups -OCH3 is 1. The van der Waals surface area contributed by atoms with Gasteiger partial charge in [0.15, 0.2) is 9.92 Å². The third-order valence-corrected chi connectivity index (χ3v) is 6.20. The van der Waals surface area contributed by atoms with Crippen molar-refractivity contribution in [2.45, 2.75) is 10.9 Å². The zero-order valence-corrected chi connectivity index (χ0v) is 18.4. The zero-order valence-electron chi connectivity index (χ0n) is 16.7. The van der Waals surface area contributed by atoms with Crippen molar-refractivity contribution in [1.29, 1.82) is 0 Å². The molecule has 0 aliphatic carbocycles. The highest BCUT2D eigenvalue weighted by Gasteiger charge is 2.15. The molecule has 0 unspecified atom stereocenters. The molecule has 4 rings (SSSR count). The van der Waals surface area contributed by atoms with Crippen molar-refractivity contribution in [3.63, 3.8) is 0 Å². The van der Waals surface area contributed by atoms with E-state index in [9.17, 15) is 14.4 Å². The number of hydrogen-bond donors (Lipinski definition) is 2. The molecule has 2 amide bonds. The number of anilines is 2. The molecule has 0 bridgehead atoms. The summed E-state index contributed by atoms with van der Waals surface area (Å²) in [6, 6.07) is 13.8. The minimum absolute atomic E-state index is 0.130. The Hall–Kier alpha value is -3.64. The standard InChI is InChI=1S/C20H17N5O5S2/c1-29-13-8-6-12(7-9-13)21-17(27)11-31-19-24-23-18(32-19)22-16(26)10-25-14-4-2-3-5-15(14)30-20(25)28/h2-9H,10-11H2,1H3,(H,21,27)(H,22,23,26). The van der Waals surface area contributed by atoms with Crippen LogP contribution >= 0.6 is 23.1 Å². The fourth-order valence-electron chi connectivity index (χ4n) is 2.78. The Bertz CT molecular complexity index is 1310. The van der Waals surface area contributed by atoms with E-state index >= 15 is 0 Å². The lowest BCUT2D eigenvalue weighted by Crippen LogP contribution is -2.24. The Morgan fingerprint density at radius 3 is 2.66 bits per heavy atom. The largest absolute Gasteiger partial charge is 0.497 e. The number of oxazole rings is 1. The summed E-state index contributed by atoms with van der Waals surface area (Å²) < 4.78 is 12.0. The third-order valence-electron chi connectivity index (χ3n) is 4.23. The van der Waals surface area contributed by atoms with Crippen molar-refractivity contribution in [3.05, 3.63) is 59.1 Å². The number of thioether (sulfide) groups is 1. The van der Waals surface area contributed by atoms with E-state index in [0.717, 1.165) is 11.3 Å². The fourth-order valence-corrected chi connectivity index (χ4v) is 4.35. The van der Waals surface area contributed by atoms with E-state index in [1.807, 2.05) is 0 Å². The molecular weight excluding hydrogens is 454 g/mol. The molecule has 0 aliphatic rings. The average molecular weight is 472 g/mol. The topological polar surface area (TPSA) is 128 Å². The van der Waals surface area contributed by atoms with Gasteiger partial charge < -0.3 is 14.5 Å². The van der Waals surface area contributed by atoms with Crippen LogP contribution in [0.3, 0.4) is 0 Å². The minimum Gasteiger partial charge on any atom is -0.497 e. The molecule has 10 nitrogen and oxygen atoms in total. The van der Waals surface area contributed by atoms with Crippen LogP contribution in [-0.4, -0.2) is 39.4 Å². The number of benzene rings is 2. The molecular formula is C20H17N5O5S2. The average Bonchev–Trinajstić information content (AvgIpc) is 3.36. The van der Waals surface area contributed by atoms with Gasteiger partial charge in [0.2, 0.25) is 16.9 Å². The van der Waals surface area contributed by atoms with Gasteiger partial charge in [0, 0.05) is 5.69 Å². The third kappa shape index (κ3) is 5.15. The van der Waals surface area contributed by atoms with Crippen molar-refractivity contribution in [1.82, 2.24) is 14.8 Å². The van der Waals surface area contributed by atoms with Crippen LogP contribution in [0.25, 0.3) is 11.1 Å². The SMILES string of the molecule is COc1ccc(NC(=O)CSc2nnc(NC(=O)Cn3c(=O)oc4ccccc43)s2)cc1. The van der Waals surface area contributed by atoms with Gasteiger partial charge in [-0.15, -0.1) is 10.2 Å². The van der Waals surface area contributed by atoms with Gasteiger partial charge in [-0.25, -0.2) is 4.79 Å². The number of rotatable bonds is 8. The molecule has 12 heteroatoms. The molecule has 2 N–H and O–H groups in total. The summed E-state index contributed by atoms with van der Waals surface area (Å²) in [6.45, 7) is -0.220. The van der Waals surface area contributed by atoms with Gasteiger partial charge >= 0.3 is 5.76 Å². The second-order valence-corrected chi connectivity index (χ2v) is 8.61. The van der Waals surface area contributed by atoms with E-state index < -0.39 is 11.7 Å². The maximum Gasteiger partial charge on any atom is 0.420 e. The molecule has 0 aliphatic heterocycles. The summed E-state index contributed by atoms with van der Waals surface area (Å²) in [5, 5.41) is 13.5. The molecule has 2 aromatic heterocycles. The molecule has 0 fully saturated rings. The molecule has 32 heavy (non-hydrogen) atoms. The predicted octanol–water partition coefficient (Wildman–Crippen LogP) is 2.82. The summed E-state index contributed by atoms with van der Waals surface area (Å²) in [6.07, 6.45) is 0. The molecule has 0 saturated heterocycles. The normalized spacial score (nSPS) is 10.8. The van der Waals surface area contributed by atoms with Gasteiger partial charge in [0.25, 0.3) is 0 Å². The Morgan fingerprint density at radius 2 is 1.88 bits per heavy atom. The summed E-state index contributed by atoms with van der Waals surface area (Å²) in [4.78, 5) is 36.5. The minimum atomic E-state index is -0.613. The van der Waals surface area contributed by atoms with Gasteiger partial charge in [0.05, 0.1) is 18.4 Å². The van der Waals surface area contributed by atoms with Gasteiger partial charge in [-0.05, 0) is 36.4 Å². The van der Waals surface area contributed by atoms with Crippen LogP contribution in [0, 0.1) is 0 Å². The number of ether oxygens (including phenoxy) is 1. The smallest absolute Gasteiger partial charge is 0.420 e. The number of fused-ring (bicyclic) bond motifs is 1. The second-order valence-electron chi connectivity index (χ2n) is 6.41. The van der Waals surface area contributed by atoms with Gasteiger partial charge in [-0.3, -0.25) is 19.5 Å². The van der Waals surface area contributed by atoms with Crippen molar-refractivity contribution in [2.24, 2.45) is 0 Å². The van der Waals surface area contributed by atoms with Crippen LogP contribution in [0.5, 0.6) is 5.75 Å². The van der Waals surface area contributed by atoms with Crippen molar-refractivity contribution < 1.29 is 18.7 Å². The lowest BCUT2D eigenvalue weighted by Gasteiger charge is -2.05. The molecule has 0 saturated carbocycles. The Kier molecular flexibility index (Phi) is 6.52. The fraction of sp³-hybridized carbons (Fsp3) is 0.150. The van der Waals surface area contributed by atoms with Crippen LogP contribution < -0.4 is 21.1 Å². The lowest BCUT2D eigenvalue weighted by molar-refractivity contribution is -0.117. The predicted molar refractivity (Wildman–Crippen MR) is 121 cm³/mol. The molecule has 2 aromatic carbocycles. The van der Waals surface area contributed by atoms with Crippen LogP contribution in [-0.2, 0) is 16.1 Å². The first-order valence-electron chi connectivity index (χ1n) is 9.30. The van der Waals surface area contributed by atoms with Crippen molar-refractivity contribution >= 4 is 56.8 Å². The molecule has 164 valence electrons. The Morgan fingerprint density at radius 1 is 1.09 bits per heavy atom. The van der Waals surface area contributed by atoms with Gasteiger partial charge in [-0.2, -0.15) is 0 Å². The van der Waals surface area contributed by atoms with Crippen LogP contribution in [0.1, 0.15) is 0 Å². The molecule has 4 aromatic rings. The number of para-hydroxylation sites is 2. The van der Waals surface area contributed by atoms with Crippen molar-refractivity contribution in [3.8, 4) is 5.75 Å². The molecule has 0 atom stereocenters. The monoisotopic (exact) mass is 471 g/mol. The Labute approximate surface area is 189 Å². The summed E-state index contributed by atoms with van der Waals surface area (Å²) >= 11 is 2.34. The number of carbonyl (C=O) groups excluding carboxylic acids is 2. The van der Waals surface area contributed by atoms with E-state index in [1.165, 1.54) is 16.3 Å². The van der Waals surface area contributed by atoms with Gasteiger partial charge in [0.1, 0.15) is 12.3 Å². The first-order valence-corrected chi connectivity index (χ1v) is 11.1. The van der Waals surface area contributed by atoms with E-state index in [0.29, 0.717) is 26.9 Å². The number of hydrogen-bond acceptors (Lipinski definition) is 9. The maximum atomic E-state index is 12.3. The van der Waals surface area contributed by atoms with E-state index in [2.05, 4.69) is 20.8 Å². The van der Waals surface area contributed by atoms with Crippen LogP contribution in [0.2, 0.25) is 0 Å². The molecule has 2 heterocycles. The zero-order chi connectivity index (χ0) is 22.5. The van der Waals surface area contributed by atoms with E-state index in [4.69, 9.17) is 9.15 Å². The van der Waals surface area contributed by atoms with Crippen molar-refractivity contribution in [2.75, 3.05) is 23.5 Å². The van der Waals surface area contributed by atoms with Gasteiger partial charge in [-0.1, -0.05) is 35.2 Å². The first kappa shape index (κ1) is 21.6. The number of aromatic nitrogens is 3. The molecule has 0 radical (unpaired) electrons. The highest BCUT2D eigenvalue weighted by molar-refractivity contribution is 8.01. The van der Waals surface area contributed by atoms with E-state index in [1.54, 1.807) is 55.6 Å². The summed E-state index contributed by atoms with van der Waals surface area (Å²) in [5.74, 6) is -0.425. The highest BCUT2D eigenvalue weighted by Crippen LogP contribution is 2.26. The summed E-state index contributed by atoms with van der Waals surface area (Å²) in [7, 11) is 1.57. The molecule has 0 spiro atoms. The second kappa shape index (κ2) is 9.66. The lowest BCUT2D eigenvalue weighted by atomic mass is 10.3. The maximum absolute atomic E-state index is 12.3. The number of amides is 2. The number of nitrogens with one attached hydrogen (secondary N) is 2. The highest BCUT2D eigenvalue weighted by atomic mass is 32.2. The Balaban J connectivity index is 1.29. The van der Waals surface area contributed by atoms with Crippen LogP contribution in [0.15, 0.2) is 62.1 Å². The number of carbonyl (C=O) groups is 2. The van der Waals surface area contributed by atoms with Crippen LogP contribution in [0.4, 0.5) is 10.8 Å². The van der Waals surface area contributed by atoms with E-state index in [-0.39, 0.29) is 23.3 Å².